The van der Waals surface area contributed by atoms with E-state index in [9.17, 15) is 0 Å². The largest absolute Gasteiger partial charge is 0.400 e. The van der Waals surface area contributed by atoms with Crippen molar-refractivity contribution in [2.45, 2.75) is 13.0 Å². The highest BCUT2D eigenvalue weighted by Crippen LogP contribution is 2.27. The lowest BCUT2D eigenvalue weighted by molar-refractivity contribution is 0.237. The molecule has 1 radical (unpaired) electrons. The van der Waals surface area contributed by atoms with E-state index in [4.69, 9.17) is 4.43 Å². The minimum Gasteiger partial charge on any atom is -0.400 e. The van der Waals surface area contributed by atoms with Crippen molar-refractivity contribution in [2.24, 2.45) is 0 Å². The Bertz CT molecular complexity index is 1260. The molecule has 0 saturated carbocycles. The van der Waals surface area contributed by atoms with Crippen LogP contribution in [0.1, 0.15) is 18.6 Å². The molecular weight excluding hydrogens is 404 g/mol. The van der Waals surface area contributed by atoms with Crippen molar-refractivity contribution in [3.63, 3.8) is 0 Å². The summed E-state index contributed by atoms with van der Waals surface area (Å²) in [7, 11) is -1.33. The second-order valence-electron chi connectivity index (χ2n) is 8.01. The van der Waals surface area contributed by atoms with Gasteiger partial charge in [-0.25, -0.2) is 0 Å². The van der Waals surface area contributed by atoms with Crippen molar-refractivity contribution in [2.75, 3.05) is 0 Å². The van der Waals surface area contributed by atoms with Crippen LogP contribution < -0.4 is 10.4 Å². The molecule has 0 aliphatic heterocycles. The van der Waals surface area contributed by atoms with Crippen LogP contribution in [0.25, 0.3) is 21.9 Å². The average Bonchev–Trinajstić information content (AvgIpc) is 2.88. The second kappa shape index (κ2) is 9.35. The molecule has 1 nitrogen and oxygen atoms in total. The smallest absolute Gasteiger partial charge is 0.283 e. The van der Waals surface area contributed by atoms with Crippen molar-refractivity contribution < 1.29 is 4.43 Å². The van der Waals surface area contributed by atoms with Gasteiger partial charge in [-0.15, -0.1) is 0 Å². The summed E-state index contributed by atoms with van der Waals surface area (Å²) in [4.78, 5) is 0. The van der Waals surface area contributed by atoms with Gasteiger partial charge in [0.25, 0.3) is 9.04 Å². The van der Waals surface area contributed by atoms with Crippen LogP contribution >= 0.6 is 0 Å². The molecule has 0 heterocycles. The number of benzene rings is 5. The van der Waals surface area contributed by atoms with Gasteiger partial charge < -0.3 is 4.43 Å². The molecular formula is C30H25OSi. The van der Waals surface area contributed by atoms with Crippen LogP contribution in [-0.4, -0.2) is 9.04 Å². The maximum Gasteiger partial charge on any atom is 0.283 e. The molecule has 1 atom stereocenters. The van der Waals surface area contributed by atoms with Crippen LogP contribution in [0.2, 0.25) is 0 Å². The minimum atomic E-state index is -1.33. The molecule has 0 saturated heterocycles. The van der Waals surface area contributed by atoms with Gasteiger partial charge in [-0.2, -0.15) is 0 Å². The zero-order chi connectivity index (χ0) is 21.8. The van der Waals surface area contributed by atoms with Gasteiger partial charge in [0.15, 0.2) is 0 Å². The van der Waals surface area contributed by atoms with Gasteiger partial charge in [0, 0.05) is 0 Å². The molecule has 0 N–H and O–H groups in total. The van der Waals surface area contributed by atoms with Crippen molar-refractivity contribution in [3.8, 4) is 11.1 Å². The van der Waals surface area contributed by atoms with E-state index in [2.05, 4.69) is 134 Å². The van der Waals surface area contributed by atoms with Gasteiger partial charge in [-0.05, 0) is 50.8 Å². The summed E-state index contributed by atoms with van der Waals surface area (Å²) in [5.74, 6) is 0. The van der Waals surface area contributed by atoms with E-state index >= 15 is 0 Å². The van der Waals surface area contributed by atoms with Crippen LogP contribution in [0.5, 0.6) is 0 Å². The number of hydrogen-bond acceptors (Lipinski definition) is 1. The third-order valence-electron chi connectivity index (χ3n) is 5.83. The summed E-state index contributed by atoms with van der Waals surface area (Å²) < 4.78 is 6.71. The Morgan fingerprint density at radius 2 is 1.06 bits per heavy atom. The number of hydrogen-bond donors (Lipinski definition) is 0. The van der Waals surface area contributed by atoms with Crippen LogP contribution in [0.15, 0.2) is 127 Å². The Morgan fingerprint density at radius 1 is 0.531 bits per heavy atom. The molecule has 0 amide bonds. The van der Waals surface area contributed by atoms with Crippen LogP contribution in [0.4, 0.5) is 0 Å². The molecule has 155 valence electrons. The summed E-state index contributed by atoms with van der Waals surface area (Å²) in [6.45, 7) is 2.15. The quantitative estimate of drug-likeness (QED) is 0.284. The van der Waals surface area contributed by atoms with Crippen LogP contribution in [-0.2, 0) is 4.43 Å². The molecule has 5 aromatic rings. The molecule has 0 spiro atoms. The van der Waals surface area contributed by atoms with Gasteiger partial charge in [-0.1, -0.05) is 121 Å². The molecule has 0 bridgehead atoms. The highest BCUT2D eigenvalue weighted by Gasteiger charge is 2.22. The summed E-state index contributed by atoms with van der Waals surface area (Å²) in [6.07, 6.45) is 0.00922. The Hall–Kier alpha value is -3.46. The fraction of sp³-hybridized carbons (Fsp3) is 0.0667. The first-order valence-corrected chi connectivity index (χ1v) is 12.4. The maximum atomic E-state index is 6.71. The van der Waals surface area contributed by atoms with Gasteiger partial charge in [-0.3, -0.25) is 0 Å². The van der Waals surface area contributed by atoms with E-state index in [1.807, 2.05) is 0 Å². The number of fused-ring (bicyclic) bond motifs is 1. The summed E-state index contributed by atoms with van der Waals surface area (Å²) >= 11 is 0. The lowest BCUT2D eigenvalue weighted by Crippen LogP contribution is -2.45. The van der Waals surface area contributed by atoms with Crippen molar-refractivity contribution >= 4 is 30.2 Å². The first-order valence-electron chi connectivity index (χ1n) is 11.0. The number of rotatable bonds is 6. The predicted octanol–water partition coefficient (Wildman–Crippen LogP) is 6.39. The summed E-state index contributed by atoms with van der Waals surface area (Å²) in [6, 6.07) is 45.1. The standard InChI is InChI=1S/C30H25OSi/c1-23(31-32(29-12-4-2-5-13-29)30-14-6-3-7-15-30)24-16-18-26(19-17-24)28-21-20-25-10-8-9-11-27(25)22-28/h2-23H,1H3. The topological polar surface area (TPSA) is 9.23 Å². The Morgan fingerprint density at radius 3 is 1.69 bits per heavy atom. The predicted molar refractivity (Wildman–Crippen MR) is 137 cm³/mol. The van der Waals surface area contributed by atoms with Gasteiger partial charge in [0.05, 0.1) is 6.10 Å². The van der Waals surface area contributed by atoms with E-state index in [-0.39, 0.29) is 6.10 Å². The highest BCUT2D eigenvalue weighted by atomic mass is 28.3. The molecule has 32 heavy (non-hydrogen) atoms. The minimum absolute atomic E-state index is 0.00922. The molecule has 5 rings (SSSR count). The molecule has 0 fully saturated rings. The van der Waals surface area contributed by atoms with Gasteiger partial charge in [0.2, 0.25) is 0 Å². The van der Waals surface area contributed by atoms with Crippen molar-refractivity contribution in [3.05, 3.63) is 133 Å². The first kappa shape index (κ1) is 20.4. The van der Waals surface area contributed by atoms with E-state index in [1.54, 1.807) is 0 Å². The zero-order valence-corrected chi connectivity index (χ0v) is 19.1. The fourth-order valence-corrected chi connectivity index (χ4v) is 6.13. The molecule has 0 aromatic heterocycles. The lowest BCUT2D eigenvalue weighted by Gasteiger charge is -2.22. The highest BCUT2D eigenvalue weighted by molar-refractivity contribution is 6.80. The third-order valence-corrected chi connectivity index (χ3v) is 8.13. The van der Waals surface area contributed by atoms with E-state index in [1.165, 1.54) is 37.8 Å². The van der Waals surface area contributed by atoms with E-state index in [0.29, 0.717) is 0 Å². The van der Waals surface area contributed by atoms with Gasteiger partial charge in [0.1, 0.15) is 0 Å². The monoisotopic (exact) mass is 429 g/mol. The lowest BCUT2D eigenvalue weighted by atomic mass is 9.99. The van der Waals surface area contributed by atoms with E-state index < -0.39 is 9.04 Å². The molecule has 2 heteroatoms. The Labute approximate surface area is 191 Å². The maximum absolute atomic E-state index is 6.71. The SMILES string of the molecule is CC(O[Si](c1ccccc1)c1ccccc1)c1ccc(-c2ccc3ccccc3c2)cc1. The van der Waals surface area contributed by atoms with Crippen molar-refractivity contribution in [1.82, 2.24) is 0 Å². The average molecular weight is 430 g/mol. The third kappa shape index (κ3) is 4.42. The first-order chi connectivity index (χ1) is 15.8. The molecule has 0 aliphatic carbocycles. The molecule has 0 aliphatic rings. The Balaban J connectivity index is 1.39. The molecule has 5 aromatic carbocycles. The van der Waals surface area contributed by atoms with Crippen LogP contribution in [0, 0.1) is 0 Å². The zero-order valence-electron chi connectivity index (χ0n) is 18.1. The second-order valence-corrected chi connectivity index (χ2v) is 10.1. The summed E-state index contributed by atoms with van der Waals surface area (Å²) in [5, 5.41) is 5.07. The van der Waals surface area contributed by atoms with E-state index in [0.717, 1.165) is 0 Å². The summed E-state index contributed by atoms with van der Waals surface area (Å²) in [5.41, 5.74) is 3.66. The normalized spacial score (nSPS) is 12.2. The van der Waals surface area contributed by atoms with Gasteiger partial charge >= 0.3 is 0 Å². The van der Waals surface area contributed by atoms with Crippen molar-refractivity contribution in [1.29, 1.82) is 0 Å². The molecule has 1 unspecified atom stereocenters. The Kier molecular flexibility index (Phi) is 5.97. The van der Waals surface area contributed by atoms with Crippen LogP contribution in [0.3, 0.4) is 0 Å². The fourth-order valence-electron chi connectivity index (χ4n) is 4.04.